The first-order valence-electron chi connectivity index (χ1n) is 7.35. The highest BCUT2D eigenvalue weighted by molar-refractivity contribution is 5.78. The van der Waals surface area contributed by atoms with E-state index in [1.807, 2.05) is 4.90 Å². The van der Waals surface area contributed by atoms with Crippen LogP contribution in [0.4, 0.5) is 0 Å². The fraction of sp³-hybridized carbons (Fsp3) is 0.929. The molecule has 2 aliphatic heterocycles. The molecule has 0 spiro atoms. The Morgan fingerprint density at radius 2 is 2.06 bits per heavy atom. The van der Waals surface area contributed by atoms with Crippen molar-refractivity contribution in [3.05, 3.63) is 0 Å². The molecule has 1 amide bonds. The van der Waals surface area contributed by atoms with Gasteiger partial charge in [0.05, 0.1) is 6.54 Å². The van der Waals surface area contributed by atoms with Gasteiger partial charge in [-0.15, -0.1) is 0 Å². The van der Waals surface area contributed by atoms with Crippen LogP contribution in [-0.4, -0.2) is 61.5 Å². The van der Waals surface area contributed by atoms with Gasteiger partial charge in [-0.05, 0) is 45.2 Å². The molecule has 1 N–H and O–H groups in total. The average Bonchev–Trinajstić information content (AvgIpc) is 2.82. The Morgan fingerprint density at radius 3 is 2.67 bits per heavy atom. The molecule has 0 aromatic heterocycles. The zero-order valence-electron chi connectivity index (χ0n) is 11.8. The second-order valence-electron chi connectivity index (χ2n) is 6.05. The van der Waals surface area contributed by atoms with Crippen molar-refractivity contribution in [1.82, 2.24) is 15.1 Å². The van der Waals surface area contributed by atoms with Crippen LogP contribution in [-0.2, 0) is 4.79 Å². The lowest BCUT2D eigenvalue weighted by Gasteiger charge is -2.32. The number of likely N-dealkylation sites (tertiary alicyclic amines) is 1. The molecule has 4 heteroatoms. The summed E-state index contributed by atoms with van der Waals surface area (Å²) in [5.74, 6) is 1.09. The molecule has 0 bridgehead atoms. The smallest absolute Gasteiger partial charge is 0.236 e. The molecule has 0 aromatic rings. The van der Waals surface area contributed by atoms with Crippen LogP contribution in [0.15, 0.2) is 0 Å². The second kappa shape index (κ2) is 6.53. The summed E-state index contributed by atoms with van der Waals surface area (Å²) < 4.78 is 0. The van der Waals surface area contributed by atoms with E-state index in [1.54, 1.807) is 0 Å². The summed E-state index contributed by atoms with van der Waals surface area (Å²) in [7, 11) is 2.06. The maximum absolute atomic E-state index is 12.2. The Morgan fingerprint density at radius 1 is 1.33 bits per heavy atom. The van der Waals surface area contributed by atoms with Crippen molar-refractivity contribution in [2.75, 3.05) is 39.8 Å². The quantitative estimate of drug-likeness (QED) is 0.809. The van der Waals surface area contributed by atoms with Crippen LogP contribution in [0.2, 0.25) is 0 Å². The summed E-state index contributed by atoms with van der Waals surface area (Å²) in [6.07, 6.45) is 4.86. The minimum Gasteiger partial charge on any atom is -0.342 e. The Bertz CT molecular complexity index is 268. The fourth-order valence-electron chi connectivity index (χ4n) is 2.94. The predicted molar refractivity (Wildman–Crippen MR) is 73.5 cm³/mol. The Hall–Kier alpha value is -0.610. The molecule has 18 heavy (non-hydrogen) atoms. The van der Waals surface area contributed by atoms with Gasteiger partial charge in [0.1, 0.15) is 0 Å². The Labute approximate surface area is 111 Å². The Balaban J connectivity index is 1.69. The molecule has 2 rings (SSSR count). The summed E-state index contributed by atoms with van der Waals surface area (Å²) in [6, 6.07) is 0.587. The lowest BCUT2D eigenvalue weighted by Crippen LogP contribution is -2.45. The molecule has 2 heterocycles. The molecule has 2 saturated heterocycles. The molecule has 4 nitrogen and oxygen atoms in total. The van der Waals surface area contributed by atoms with E-state index in [0.717, 1.165) is 32.1 Å². The van der Waals surface area contributed by atoms with Crippen molar-refractivity contribution in [3.63, 3.8) is 0 Å². The zero-order valence-corrected chi connectivity index (χ0v) is 11.8. The van der Waals surface area contributed by atoms with Gasteiger partial charge in [0.15, 0.2) is 0 Å². The molecule has 0 aromatic carbocycles. The number of likely N-dealkylation sites (N-methyl/N-ethyl adjacent to an activating group) is 1. The van der Waals surface area contributed by atoms with E-state index in [2.05, 4.69) is 24.2 Å². The van der Waals surface area contributed by atoms with Gasteiger partial charge in [0, 0.05) is 25.7 Å². The number of hydrogen-bond acceptors (Lipinski definition) is 3. The van der Waals surface area contributed by atoms with Gasteiger partial charge >= 0.3 is 0 Å². The maximum Gasteiger partial charge on any atom is 0.236 e. The van der Waals surface area contributed by atoms with Gasteiger partial charge in [0.2, 0.25) is 5.91 Å². The third-order valence-electron chi connectivity index (χ3n) is 4.24. The molecule has 1 unspecified atom stereocenters. The lowest BCUT2D eigenvalue weighted by molar-refractivity contribution is -0.133. The third-order valence-corrected chi connectivity index (χ3v) is 4.24. The van der Waals surface area contributed by atoms with Crippen LogP contribution in [0.5, 0.6) is 0 Å². The van der Waals surface area contributed by atoms with Crippen molar-refractivity contribution in [2.24, 2.45) is 5.92 Å². The monoisotopic (exact) mass is 253 g/mol. The van der Waals surface area contributed by atoms with Crippen LogP contribution in [0, 0.1) is 5.92 Å². The van der Waals surface area contributed by atoms with Crippen molar-refractivity contribution < 1.29 is 4.79 Å². The third kappa shape index (κ3) is 3.95. The Kier molecular flexibility index (Phi) is 5.01. The standard InChI is InChI=1S/C14H27N3O/c1-12-5-8-17(9-6-12)14(18)11-16(2)10-13-4-3-7-15-13/h12-13,15H,3-11H2,1-2H3. The number of rotatable bonds is 4. The van der Waals surface area contributed by atoms with E-state index in [4.69, 9.17) is 0 Å². The van der Waals surface area contributed by atoms with E-state index in [-0.39, 0.29) is 0 Å². The van der Waals surface area contributed by atoms with Crippen LogP contribution in [0.1, 0.15) is 32.6 Å². The molecule has 0 saturated carbocycles. The summed E-state index contributed by atoms with van der Waals surface area (Å²) >= 11 is 0. The van der Waals surface area contributed by atoms with Gasteiger partial charge in [-0.2, -0.15) is 0 Å². The largest absolute Gasteiger partial charge is 0.342 e. The first-order chi connectivity index (χ1) is 8.65. The van der Waals surface area contributed by atoms with Crippen molar-refractivity contribution in [3.8, 4) is 0 Å². The number of hydrogen-bond donors (Lipinski definition) is 1. The summed E-state index contributed by atoms with van der Waals surface area (Å²) in [4.78, 5) is 16.4. The van der Waals surface area contributed by atoms with E-state index in [9.17, 15) is 4.79 Å². The summed E-state index contributed by atoms with van der Waals surface area (Å²) in [5.41, 5.74) is 0. The maximum atomic E-state index is 12.2. The zero-order chi connectivity index (χ0) is 13.0. The van der Waals surface area contributed by atoms with Crippen molar-refractivity contribution in [1.29, 1.82) is 0 Å². The van der Waals surface area contributed by atoms with Gasteiger partial charge in [-0.3, -0.25) is 9.69 Å². The molecular formula is C14H27N3O. The number of piperidine rings is 1. The molecule has 0 radical (unpaired) electrons. The van der Waals surface area contributed by atoms with E-state index >= 15 is 0 Å². The van der Waals surface area contributed by atoms with E-state index in [1.165, 1.54) is 25.7 Å². The predicted octanol–water partition coefficient (Wildman–Crippen LogP) is 0.929. The van der Waals surface area contributed by atoms with E-state index < -0.39 is 0 Å². The average molecular weight is 253 g/mol. The minimum atomic E-state index is 0.308. The van der Waals surface area contributed by atoms with Gasteiger partial charge in [-0.1, -0.05) is 6.92 Å². The first-order valence-corrected chi connectivity index (χ1v) is 7.35. The highest BCUT2D eigenvalue weighted by Gasteiger charge is 2.22. The van der Waals surface area contributed by atoms with Gasteiger partial charge in [-0.25, -0.2) is 0 Å². The molecule has 1 atom stereocenters. The topological polar surface area (TPSA) is 35.6 Å². The fourth-order valence-corrected chi connectivity index (χ4v) is 2.94. The number of nitrogens with zero attached hydrogens (tertiary/aromatic N) is 2. The SMILES string of the molecule is CC1CCN(C(=O)CN(C)CC2CCCN2)CC1. The highest BCUT2D eigenvalue weighted by Crippen LogP contribution is 2.16. The molecule has 2 aliphatic rings. The number of nitrogens with one attached hydrogen (secondary N) is 1. The number of carbonyl (C=O) groups is 1. The number of amides is 1. The van der Waals surface area contributed by atoms with Crippen LogP contribution in [0.25, 0.3) is 0 Å². The normalized spacial score (nSPS) is 25.9. The van der Waals surface area contributed by atoms with E-state index in [0.29, 0.717) is 18.5 Å². The first kappa shape index (κ1) is 13.8. The molecule has 104 valence electrons. The minimum absolute atomic E-state index is 0.308. The highest BCUT2D eigenvalue weighted by atomic mass is 16.2. The molecular weight excluding hydrogens is 226 g/mol. The second-order valence-corrected chi connectivity index (χ2v) is 6.05. The van der Waals surface area contributed by atoms with Gasteiger partial charge in [0.25, 0.3) is 0 Å². The van der Waals surface area contributed by atoms with Crippen molar-refractivity contribution in [2.45, 2.75) is 38.6 Å². The van der Waals surface area contributed by atoms with Gasteiger partial charge < -0.3 is 10.2 Å². The number of carbonyl (C=O) groups excluding carboxylic acids is 1. The molecule has 2 fully saturated rings. The van der Waals surface area contributed by atoms with Crippen molar-refractivity contribution >= 4 is 5.91 Å². The lowest BCUT2D eigenvalue weighted by atomic mass is 9.99. The summed E-state index contributed by atoms with van der Waals surface area (Å²) in [5, 5.41) is 3.48. The van der Waals surface area contributed by atoms with Crippen LogP contribution < -0.4 is 5.32 Å². The van der Waals surface area contributed by atoms with Crippen LogP contribution in [0.3, 0.4) is 0 Å². The summed E-state index contributed by atoms with van der Waals surface area (Å²) in [6.45, 7) is 6.89. The molecule has 0 aliphatic carbocycles. The van der Waals surface area contributed by atoms with Crippen LogP contribution >= 0.6 is 0 Å².